The lowest BCUT2D eigenvalue weighted by atomic mass is 9.85. The van der Waals surface area contributed by atoms with E-state index in [-0.39, 0.29) is 23.4 Å². The van der Waals surface area contributed by atoms with Crippen LogP contribution in [0.15, 0.2) is 64.2 Å². The quantitative estimate of drug-likeness (QED) is 0.303. The maximum atomic E-state index is 14.0. The minimum atomic E-state index is -0.844. The van der Waals surface area contributed by atoms with Gasteiger partial charge in [-0.1, -0.05) is 11.8 Å². The van der Waals surface area contributed by atoms with Gasteiger partial charge < -0.3 is 15.2 Å². The van der Waals surface area contributed by atoms with E-state index in [1.807, 2.05) is 0 Å². The Hall–Kier alpha value is -3.35. The Morgan fingerprint density at radius 2 is 2.02 bits per heavy atom. The second-order valence-electron chi connectivity index (χ2n) is 13.0. The molecule has 6 rings (SSSR count). The number of allylic oxidation sites excluding steroid dienone is 3. The largest absolute Gasteiger partial charge is 0.451 e. The van der Waals surface area contributed by atoms with Gasteiger partial charge in [-0.25, -0.2) is 13.8 Å². The van der Waals surface area contributed by atoms with Crippen LogP contribution >= 0.6 is 0 Å². The van der Waals surface area contributed by atoms with Crippen LogP contribution in [0, 0.1) is 40.7 Å². The molecule has 3 saturated carbocycles. The van der Waals surface area contributed by atoms with E-state index in [4.69, 9.17) is 4.74 Å². The van der Waals surface area contributed by atoms with Crippen LogP contribution in [0.3, 0.4) is 0 Å². The molecule has 5 atom stereocenters. The number of benzene rings is 1. The number of para-hydroxylation sites is 1. The average molecular weight is 563 g/mol. The predicted molar refractivity (Wildman–Crippen MR) is 150 cm³/mol. The highest BCUT2D eigenvalue weighted by molar-refractivity contribution is 6.08. The minimum Gasteiger partial charge on any atom is -0.451 e. The number of carbonyl (C=O) groups is 2. The Bertz CT molecular complexity index is 1420. The molecule has 1 aromatic carbocycles. The number of carbonyl (C=O) groups excluding carboxylic acids is 2. The van der Waals surface area contributed by atoms with Gasteiger partial charge in [0.05, 0.1) is 11.3 Å². The van der Waals surface area contributed by atoms with Gasteiger partial charge in [0.25, 0.3) is 0 Å². The van der Waals surface area contributed by atoms with Gasteiger partial charge in [-0.3, -0.25) is 9.59 Å². The normalized spacial score (nSPS) is 27.9. The monoisotopic (exact) mass is 562 g/mol. The molecule has 8 heteroatoms. The maximum Gasteiger partial charge on any atom is 0.228 e. The fourth-order valence-electron chi connectivity index (χ4n) is 7.18. The second-order valence-corrected chi connectivity index (χ2v) is 13.0. The molecule has 1 amide bonds. The van der Waals surface area contributed by atoms with Gasteiger partial charge in [0, 0.05) is 23.6 Å². The summed E-state index contributed by atoms with van der Waals surface area (Å²) < 4.78 is 33.4. The summed E-state index contributed by atoms with van der Waals surface area (Å²) in [4.78, 5) is 30.7. The molecule has 0 aromatic heterocycles. The smallest absolute Gasteiger partial charge is 0.228 e. The Morgan fingerprint density at radius 3 is 2.71 bits per heavy atom. The SMILES string of the molecule is CC(C)(O)CCCC1=C=CC(NC(=O)C(CCC2=CC(Oc3c(F)cccc3F)=CC2=O)CC2CC3CC34CC24)=N1. The molecular formula is C33H36F2N2O4. The zero-order valence-electron chi connectivity index (χ0n) is 23.5. The number of rotatable bonds is 12. The summed E-state index contributed by atoms with van der Waals surface area (Å²) in [7, 11) is 0. The van der Waals surface area contributed by atoms with Crippen LogP contribution in [-0.4, -0.2) is 28.2 Å². The maximum absolute atomic E-state index is 14.0. The van der Waals surface area contributed by atoms with Crippen molar-refractivity contribution in [3.8, 4) is 5.75 Å². The van der Waals surface area contributed by atoms with Crippen LogP contribution in [0.25, 0.3) is 0 Å². The first-order valence-electron chi connectivity index (χ1n) is 14.7. The van der Waals surface area contributed by atoms with Crippen LogP contribution < -0.4 is 10.1 Å². The number of hydrogen-bond acceptors (Lipinski definition) is 5. The molecule has 6 nitrogen and oxygen atoms in total. The summed E-state index contributed by atoms with van der Waals surface area (Å²) in [5.74, 6) is -0.301. The van der Waals surface area contributed by atoms with Crippen LogP contribution in [0.4, 0.5) is 8.78 Å². The zero-order chi connectivity index (χ0) is 28.9. The van der Waals surface area contributed by atoms with E-state index in [9.17, 15) is 23.5 Å². The number of amidine groups is 1. The topological polar surface area (TPSA) is 88.0 Å². The second kappa shape index (κ2) is 10.5. The third-order valence-electron chi connectivity index (χ3n) is 9.46. The molecule has 5 unspecified atom stereocenters. The molecule has 41 heavy (non-hydrogen) atoms. The Balaban J connectivity index is 1.08. The molecule has 216 valence electrons. The molecule has 4 aliphatic carbocycles. The first kappa shape index (κ1) is 27.8. The van der Waals surface area contributed by atoms with Crippen molar-refractivity contribution < 1.29 is 28.2 Å². The number of nitrogens with zero attached hydrogens (tertiary/aromatic N) is 1. The highest BCUT2D eigenvalue weighted by Gasteiger charge is 2.76. The van der Waals surface area contributed by atoms with Crippen molar-refractivity contribution in [3.05, 3.63) is 70.8 Å². The van der Waals surface area contributed by atoms with Crippen LogP contribution in [0.1, 0.15) is 71.6 Å². The summed E-state index contributed by atoms with van der Waals surface area (Å²) in [6.07, 6.45) is 11.9. The highest BCUT2D eigenvalue weighted by atomic mass is 19.1. The van der Waals surface area contributed by atoms with E-state index >= 15 is 0 Å². The lowest BCUT2D eigenvalue weighted by molar-refractivity contribution is -0.124. The molecule has 1 aromatic rings. The van der Waals surface area contributed by atoms with Crippen molar-refractivity contribution in [1.29, 1.82) is 0 Å². The zero-order valence-corrected chi connectivity index (χ0v) is 23.5. The molecule has 5 aliphatic rings. The number of amides is 1. The fraction of sp³-hybridized carbons (Fsp3) is 0.515. The number of ether oxygens (including phenoxy) is 1. The van der Waals surface area contributed by atoms with E-state index in [1.54, 1.807) is 19.9 Å². The molecule has 1 aliphatic heterocycles. The van der Waals surface area contributed by atoms with Gasteiger partial charge >= 0.3 is 0 Å². The number of nitrogens with one attached hydrogen (secondary N) is 1. The van der Waals surface area contributed by atoms with Crippen molar-refractivity contribution in [3.63, 3.8) is 0 Å². The lowest BCUT2D eigenvalue weighted by Crippen LogP contribution is -2.35. The molecular weight excluding hydrogens is 526 g/mol. The molecule has 1 spiro atoms. The predicted octanol–water partition coefficient (Wildman–Crippen LogP) is 6.08. The molecule has 3 fully saturated rings. The van der Waals surface area contributed by atoms with Crippen LogP contribution in [0.2, 0.25) is 0 Å². The Labute approximate surface area is 239 Å². The highest BCUT2D eigenvalue weighted by Crippen LogP contribution is 2.84. The van der Waals surface area contributed by atoms with Crippen molar-refractivity contribution in [1.82, 2.24) is 5.32 Å². The first-order chi connectivity index (χ1) is 19.5. The van der Waals surface area contributed by atoms with Crippen molar-refractivity contribution in [2.75, 3.05) is 0 Å². The summed E-state index contributed by atoms with van der Waals surface area (Å²) in [6.45, 7) is 3.56. The molecule has 2 N–H and O–H groups in total. The van der Waals surface area contributed by atoms with Gasteiger partial charge in [0.1, 0.15) is 11.6 Å². The van der Waals surface area contributed by atoms with E-state index in [0.717, 1.165) is 42.5 Å². The van der Waals surface area contributed by atoms with E-state index in [1.165, 1.54) is 37.5 Å². The van der Waals surface area contributed by atoms with Gasteiger partial charge in [-0.15, -0.1) is 0 Å². The third-order valence-corrected chi connectivity index (χ3v) is 9.46. The summed E-state index contributed by atoms with van der Waals surface area (Å²) in [5, 5.41) is 12.9. The fourth-order valence-corrected chi connectivity index (χ4v) is 7.18. The van der Waals surface area contributed by atoms with Gasteiger partial charge in [-0.2, -0.15) is 0 Å². The van der Waals surface area contributed by atoms with Crippen molar-refractivity contribution >= 4 is 17.5 Å². The average Bonchev–Trinajstić information content (AvgIpc) is 3.64. The minimum absolute atomic E-state index is 0.0828. The van der Waals surface area contributed by atoms with Gasteiger partial charge in [-0.05, 0) is 113 Å². The summed E-state index contributed by atoms with van der Waals surface area (Å²) in [6, 6.07) is 3.44. The van der Waals surface area contributed by atoms with Crippen molar-refractivity contribution in [2.24, 2.45) is 34.1 Å². The number of aliphatic hydroxyl groups is 1. The number of halogens is 2. The van der Waals surface area contributed by atoms with Gasteiger partial charge in [0.2, 0.25) is 5.91 Å². The Morgan fingerprint density at radius 1 is 1.24 bits per heavy atom. The van der Waals surface area contributed by atoms with E-state index in [2.05, 4.69) is 16.0 Å². The molecule has 0 radical (unpaired) electrons. The van der Waals surface area contributed by atoms with Crippen LogP contribution in [-0.2, 0) is 9.59 Å². The summed E-state index contributed by atoms with van der Waals surface area (Å²) in [5.41, 5.74) is 4.17. The van der Waals surface area contributed by atoms with E-state index < -0.39 is 23.0 Å². The van der Waals surface area contributed by atoms with Crippen LogP contribution in [0.5, 0.6) is 5.75 Å². The van der Waals surface area contributed by atoms with Crippen molar-refractivity contribution in [2.45, 2.75) is 77.2 Å². The van der Waals surface area contributed by atoms with E-state index in [0.29, 0.717) is 48.4 Å². The molecule has 0 bridgehead atoms. The Kier molecular flexibility index (Phi) is 7.11. The third kappa shape index (κ3) is 6.00. The molecule has 1 heterocycles. The number of ketones is 1. The molecule has 0 saturated heterocycles. The standard InChI is InChI=1S/C33H36F2N2O4/c1-32(2,40)12-4-5-23-10-11-29(36-23)37-31(39)20(13-21-14-22-17-33(22)18-25(21)33)9-8-19-15-24(16-28(19)38)41-30-26(34)6-3-7-27(30)35/h3,6-7,11,15-16,20-22,25,40H,4-5,8-9,12-14,17-18H2,1-2H3,(H,36,37,39). The van der Waals surface area contributed by atoms with Gasteiger partial charge in [0.15, 0.2) is 23.2 Å². The first-order valence-corrected chi connectivity index (χ1v) is 14.7. The lowest BCUT2D eigenvalue weighted by Gasteiger charge is -2.22. The number of aliphatic imine (C=N–C) groups is 1. The summed E-state index contributed by atoms with van der Waals surface area (Å²) >= 11 is 0. The number of hydrogen-bond donors (Lipinski definition) is 2.